The van der Waals surface area contributed by atoms with Crippen LogP contribution in [-0.2, 0) is 4.79 Å². The Morgan fingerprint density at radius 1 is 1.43 bits per heavy atom. The van der Waals surface area contributed by atoms with E-state index in [1.165, 1.54) is 0 Å². The smallest absolute Gasteiger partial charge is 0.235 e. The van der Waals surface area contributed by atoms with Crippen molar-refractivity contribution in [1.82, 2.24) is 5.32 Å². The molecular formula is C11H14N2O. The summed E-state index contributed by atoms with van der Waals surface area (Å²) in [6.07, 6.45) is 0. The zero-order valence-electron chi connectivity index (χ0n) is 8.45. The van der Waals surface area contributed by atoms with Gasteiger partial charge in [0.25, 0.3) is 0 Å². The third-order valence-corrected chi connectivity index (χ3v) is 2.71. The minimum atomic E-state index is -0.0128. The van der Waals surface area contributed by atoms with Crippen LogP contribution in [0.5, 0.6) is 0 Å². The molecule has 1 heterocycles. The summed E-state index contributed by atoms with van der Waals surface area (Å²) in [5.74, 6) is 0.168. The van der Waals surface area contributed by atoms with Crippen molar-refractivity contribution in [3.63, 3.8) is 0 Å². The molecule has 0 fully saturated rings. The number of fused-ring (bicyclic) bond motifs is 1. The number of benzene rings is 1. The van der Waals surface area contributed by atoms with Gasteiger partial charge in [0.1, 0.15) is 0 Å². The molecule has 0 saturated carbocycles. The van der Waals surface area contributed by atoms with Gasteiger partial charge < -0.3 is 10.2 Å². The number of nitrogens with one attached hydrogen (secondary N) is 1. The first-order chi connectivity index (χ1) is 6.75. The van der Waals surface area contributed by atoms with E-state index >= 15 is 0 Å². The van der Waals surface area contributed by atoms with Gasteiger partial charge in [-0.1, -0.05) is 18.2 Å². The number of amides is 1. The number of para-hydroxylation sites is 1. The molecule has 1 aliphatic heterocycles. The number of nitrogens with zero attached hydrogens (tertiary/aromatic N) is 1. The number of anilines is 1. The van der Waals surface area contributed by atoms with E-state index in [9.17, 15) is 4.79 Å². The molecule has 0 aliphatic carbocycles. The Balaban J connectivity index is 2.42. The van der Waals surface area contributed by atoms with Crippen LogP contribution in [0, 0.1) is 0 Å². The van der Waals surface area contributed by atoms with E-state index in [0.717, 1.165) is 11.3 Å². The molecule has 14 heavy (non-hydrogen) atoms. The zero-order chi connectivity index (χ0) is 10.1. The van der Waals surface area contributed by atoms with Crippen LogP contribution in [0.15, 0.2) is 24.3 Å². The molecule has 1 amide bonds. The molecular weight excluding hydrogens is 176 g/mol. The van der Waals surface area contributed by atoms with Gasteiger partial charge in [0, 0.05) is 19.3 Å². The molecule has 0 spiro atoms. The Labute approximate surface area is 83.7 Å². The maximum atomic E-state index is 11.8. The van der Waals surface area contributed by atoms with Crippen molar-refractivity contribution in [3.8, 4) is 0 Å². The van der Waals surface area contributed by atoms with Crippen molar-refractivity contribution in [2.24, 2.45) is 0 Å². The number of carbonyl (C=O) groups excluding carboxylic acids is 1. The molecule has 3 nitrogen and oxygen atoms in total. The molecule has 1 aromatic carbocycles. The van der Waals surface area contributed by atoms with E-state index in [-0.39, 0.29) is 11.8 Å². The molecule has 0 aromatic heterocycles. The van der Waals surface area contributed by atoms with Crippen LogP contribution in [0.25, 0.3) is 0 Å². The number of hydrogen-bond donors (Lipinski definition) is 1. The van der Waals surface area contributed by atoms with Crippen molar-refractivity contribution in [2.45, 2.75) is 5.92 Å². The molecule has 0 radical (unpaired) electrons. The third kappa shape index (κ3) is 1.21. The summed E-state index contributed by atoms with van der Waals surface area (Å²) in [5, 5.41) is 3.05. The topological polar surface area (TPSA) is 32.3 Å². The van der Waals surface area contributed by atoms with Gasteiger partial charge >= 0.3 is 0 Å². The quantitative estimate of drug-likeness (QED) is 0.753. The SMILES string of the molecule is CNCC1C(=O)N(C)c2ccccc21. The van der Waals surface area contributed by atoms with E-state index in [1.54, 1.807) is 4.90 Å². The molecule has 1 aliphatic rings. The molecule has 74 valence electrons. The number of likely N-dealkylation sites (N-methyl/N-ethyl adjacent to an activating group) is 2. The maximum Gasteiger partial charge on any atom is 0.235 e. The van der Waals surface area contributed by atoms with Gasteiger partial charge in [0.2, 0.25) is 5.91 Å². The van der Waals surface area contributed by atoms with Gasteiger partial charge in [-0.3, -0.25) is 4.79 Å². The first kappa shape index (κ1) is 9.21. The largest absolute Gasteiger partial charge is 0.319 e. The van der Waals surface area contributed by atoms with Crippen molar-refractivity contribution < 1.29 is 4.79 Å². The summed E-state index contributed by atoms with van der Waals surface area (Å²) >= 11 is 0. The molecule has 3 heteroatoms. The second-order valence-corrected chi connectivity index (χ2v) is 3.57. The fourth-order valence-corrected chi connectivity index (χ4v) is 1.97. The normalized spacial score (nSPS) is 20.0. The summed E-state index contributed by atoms with van der Waals surface area (Å²) in [7, 11) is 3.70. The van der Waals surface area contributed by atoms with Crippen LogP contribution in [0.1, 0.15) is 11.5 Å². The van der Waals surface area contributed by atoms with Crippen molar-refractivity contribution in [3.05, 3.63) is 29.8 Å². The van der Waals surface area contributed by atoms with E-state index < -0.39 is 0 Å². The minimum absolute atomic E-state index is 0.0128. The Kier molecular flexibility index (Phi) is 2.25. The molecule has 1 aromatic rings. The summed E-state index contributed by atoms with van der Waals surface area (Å²) < 4.78 is 0. The average Bonchev–Trinajstić information content (AvgIpc) is 2.45. The minimum Gasteiger partial charge on any atom is -0.319 e. The average molecular weight is 190 g/mol. The van der Waals surface area contributed by atoms with Gasteiger partial charge in [-0.25, -0.2) is 0 Å². The van der Waals surface area contributed by atoms with Gasteiger partial charge in [0.05, 0.1) is 5.92 Å². The Bertz CT molecular complexity index is 362. The molecule has 1 atom stereocenters. The summed E-state index contributed by atoms with van der Waals surface area (Å²) in [6.45, 7) is 0.709. The Hall–Kier alpha value is -1.35. The van der Waals surface area contributed by atoms with Crippen LogP contribution in [0.3, 0.4) is 0 Å². The molecule has 2 rings (SSSR count). The lowest BCUT2D eigenvalue weighted by Crippen LogP contribution is -2.29. The highest BCUT2D eigenvalue weighted by Crippen LogP contribution is 2.35. The first-order valence-electron chi connectivity index (χ1n) is 4.77. The molecule has 0 bridgehead atoms. The van der Waals surface area contributed by atoms with Gasteiger partial charge in [-0.15, -0.1) is 0 Å². The van der Waals surface area contributed by atoms with Crippen LogP contribution in [0.4, 0.5) is 5.69 Å². The van der Waals surface area contributed by atoms with Crippen molar-refractivity contribution in [1.29, 1.82) is 0 Å². The monoisotopic (exact) mass is 190 g/mol. The lowest BCUT2D eigenvalue weighted by molar-refractivity contribution is -0.118. The zero-order valence-corrected chi connectivity index (χ0v) is 8.45. The van der Waals surface area contributed by atoms with Gasteiger partial charge in [-0.2, -0.15) is 0 Å². The third-order valence-electron chi connectivity index (χ3n) is 2.71. The lowest BCUT2D eigenvalue weighted by Gasteiger charge is -2.10. The van der Waals surface area contributed by atoms with Gasteiger partial charge in [-0.05, 0) is 18.7 Å². The lowest BCUT2D eigenvalue weighted by atomic mass is 10.0. The van der Waals surface area contributed by atoms with Crippen LogP contribution in [0.2, 0.25) is 0 Å². The highest BCUT2D eigenvalue weighted by atomic mass is 16.2. The van der Waals surface area contributed by atoms with Crippen LogP contribution in [-0.4, -0.2) is 26.5 Å². The fourth-order valence-electron chi connectivity index (χ4n) is 1.97. The van der Waals surface area contributed by atoms with E-state index in [4.69, 9.17) is 0 Å². The number of carbonyl (C=O) groups is 1. The standard InChI is InChI=1S/C11H14N2O/c1-12-7-9-8-5-3-4-6-10(8)13(2)11(9)14/h3-6,9,12H,7H2,1-2H3. The number of hydrogen-bond acceptors (Lipinski definition) is 2. The molecule has 0 saturated heterocycles. The van der Waals surface area contributed by atoms with Crippen molar-refractivity contribution >= 4 is 11.6 Å². The van der Waals surface area contributed by atoms with Crippen molar-refractivity contribution in [2.75, 3.05) is 25.5 Å². The second kappa shape index (κ2) is 3.42. The number of rotatable bonds is 2. The van der Waals surface area contributed by atoms with Crippen LogP contribution < -0.4 is 10.2 Å². The Morgan fingerprint density at radius 3 is 2.86 bits per heavy atom. The maximum absolute atomic E-state index is 11.8. The Morgan fingerprint density at radius 2 is 2.14 bits per heavy atom. The highest BCUT2D eigenvalue weighted by molar-refractivity contribution is 6.04. The summed E-state index contributed by atoms with van der Waals surface area (Å²) in [6, 6.07) is 7.96. The second-order valence-electron chi connectivity index (χ2n) is 3.57. The molecule has 1 unspecified atom stereocenters. The summed E-state index contributed by atoms with van der Waals surface area (Å²) in [4.78, 5) is 13.6. The van der Waals surface area contributed by atoms with Crippen LogP contribution >= 0.6 is 0 Å². The highest BCUT2D eigenvalue weighted by Gasteiger charge is 2.33. The predicted octanol–water partition coefficient (Wildman–Crippen LogP) is 0.966. The van der Waals surface area contributed by atoms with E-state index in [1.807, 2.05) is 38.4 Å². The van der Waals surface area contributed by atoms with E-state index in [2.05, 4.69) is 5.32 Å². The fraction of sp³-hybridized carbons (Fsp3) is 0.364. The molecule has 1 N–H and O–H groups in total. The predicted molar refractivity (Wildman–Crippen MR) is 56.5 cm³/mol. The van der Waals surface area contributed by atoms with Gasteiger partial charge in [0.15, 0.2) is 0 Å². The first-order valence-corrected chi connectivity index (χ1v) is 4.77. The summed E-state index contributed by atoms with van der Waals surface area (Å²) in [5.41, 5.74) is 2.17. The van der Waals surface area contributed by atoms with E-state index in [0.29, 0.717) is 6.54 Å².